The fourth-order valence-electron chi connectivity index (χ4n) is 3.20. The van der Waals surface area contributed by atoms with Crippen LogP contribution in [0.15, 0.2) is 24.4 Å². The summed E-state index contributed by atoms with van der Waals surface area (Å²) in [6.45, 7) is 13.9. The predicted molar refractivity (Wildman–Crippen MR) is 106 cm³/mol. The molecule has 0 aliphatic carbocycles. The van der Waals surface area contributed by atoms with Crippen molar-refractivity contribution < 1.29 is 4.68 Å². The fourth-order valence-corrected chi connectivity index (χ4v) is 3.20. The Hall–Kier alpha value is -1.05. The van der Waals surface area contributed by atoms with Gasteiger partial charge in [-0.25, -0.2) is 0 Å². The van der Waals surface area contributed by atoms with Crippen LogP contribution in [0.25, 0.3) is 0 Å². The predicted octanol–water partition coefficient (Wildman–Crippen LogP) is 5.66. The molecule has 1 aromatic rings. The molecule has 1 heterocycles. The Kier molecular flexibility index (Phi) is 10.1. The quantitative estimate of drug-likeness (QED) is 0.353. The summed E-state index contributed by atoms with van der Waals surface area (Å²) in [6, 6.07) is 6.66. The number of unbranched alkanes of at least 4 members (excludes halogenated alkanes) is 6. The Morgan fingerprint density at radius 1 is 0.833 bits per heavy atom. The van der Waals surface area contributed by atoms with Crippen LogP contribution in [0.5, 0.6) is 0 Å². The van der Waals surface area contributed by atoms with E-state index in [-0.39, 0.29) is 0 Å². The number of nitrogens with zero attached hydrogens (tertiary/aromatic N) is 2. The van der Waals surface area contributed by atoms with E-state index in [0.29, 0.717) is 5.41 Å². The lowest BCUT2D eigenvalue weighted by Crippen LogP contribution is -2.61. The number of hydrogen-bond donors (Lipinski definition) is 0. The van der Waals surface area contributed by atoms with Crippen LogP contribution in [-0.2, 0) is 6.42 Å². The summed E-state index contributed by atoms with van der Waals surface area (Å²) in [5.74, 6) is 0. The maximum absolute atomic E-state index is 2.59. The molecule has 0 aliphatic heterocycles. The van der Waals surface area contributed by atoms with Crippen molar-refractivity contribution in [2.75, 3.05) is 18.1 Å². The lowest BCUT2D eigenvalue weighted by atomic mass is 9.90. The van der Waals surface area contributed by atoms with E-state index >= 15 is 0 Å². The molecule has 2 nitrogen and oxygen atoms in total. The van der Waals surface area contributed by atoms with E-state index in [1.807, 2.05) is 0 Å². The second kappa shape index (κ2) is 11.5. The van der Waals surface area contributed by atoms with Crippen molar-refractivity contribution in [2.45, 2.75) is 92.4 Å². The zero-order chi connectivity index (χ0) is 17.8. The van der Waals surface area contributed by atoms with Gasteiger partial charge in [-0.1, -0.05) is 77.8 Å². The lowest BCUT2D eigenvalue weighted by Gasteiger charge is -2.23. The minimum Gasteiger partial charge on any atom is -0.181 e. The summed E-state index contributed by atoms with van der Waals surface area (Å²) < 4.78 is 2.45. The van der Waals surface area contributed by atoms with Gasteiger partial charge in [0.25, 0.3) is 0 Å². The molecule has 24 heavy (non-hydrogen) atoms. The van der Waals surface area contributed by atoms with Crippen LogP contribution in [0.2, 0.25) is 0 Å². The third-order valence-electron chi connectivity index (χ3n) is 4.48. The molecule has 0 saturated carbocycles. The minimum atomic E-state index is 0.319. The smallest absolute Gasteiger partial charge is 0.181 e. The maximum atomic E-state index is 2.59. The van der Waals surface area contributed by atoms with Crippen molar-refractivity contribution in [1.82, 2.24) is 0 Å². The summed E-state index contributed by atoms with van der Waals surface area (Å²) in [5.41, 5.74) is 1.76. The summed E-state index contributed by atoms with van der Waals surface area (Å²) in [7, 11) is 0. The van der Waals surface area contributed by atoms with Crippen molar-refractivity contribution in [3.05, 3.63) is 30.1 Å². The zero-order valence-electron chi connectivity index (χ0n) is 17.0. The monoisotopic (exact) mass is 333 g/mol. The van der Waals surface area contributed by atoms with Gasteiger partial charge in [-0.15, -0.1) is 0 Å². The van der Waals surface area contributed by atoms with Crippen molar-refractivity contribution in [2.24, 2.45) is 5.41 Å². The van der Waals surface area contributed by atoms with E-state index in [9.17, 15) is 0 Å². The third kappa shape index (κ3) is 8.70. The van der Waals surface area contributed by atoms with Crippen molar-refractivity contribution in [3.8, 4) is 0 Å². The van der Waals surface area contributed by atoms with E-state index < -0.39 is 0 Å². The Balaban J connectivity index is 2.79. The molecule has 0 spiro atoms. The van der Waals surface area contributed by atoms with Crippen LogP contribution < -0.4 is 9.69 Å². The van der Waals surface area contributed by atoms with Crippen LogP contribution in [0.1, 0.15) is 91.7 Å². The molecule has 0 saturated heterocycles. The second-order valence-corrected chi connectivity index (χ2v) is 8.35. The highest BCUT2D eigenvalue weighted by molar-refractivity contribution is 5.00. The highest BCUT2D eigenvalue weighted by Crippen LogP contribution is 2.18. The Morgan fingerprint density at radius 2 is 1.42 bits per heavy atom. The molecule has 0 N–H and O–H groups in total. The molecule has 0 aromatic carbocycles. The molecule has 1 rings (SSSR count). The standard InChI is InChI=1S/C22H41N2/c1-6-8-10-13-17-23(18-14-11-9-7-2)24-19-15-12-16-21(24)20-22(3,4)5/h12,15-16,19H,6-11,13-14,17-18,20H2,1-5H3/q+1. The normalized spacial score (nSPS) is 11.7. The molecule has 0 atom stereocenters. The van der Waals surface area contributed by atoms with Gasteiger partial charge < -0.3 is 0 Å². The van der Waals surface area contributed by atoms with Crippen LogP contribution in [-0.4, -0.2) is 13.1 Å². The molecule has 0 fully saturated rings. The molecule has 2 heteroatoms. The van der Waals surface area contributed by atoms with Crippen LogP contribution in [0.4, 0.5) is 0 Å². The van der Waals surface area contributed by atoms with Gasteiger partial charge in [-0.3, -0.25) is 0 Å². The summed E-state index contributed by atoms with van der Waals surface area (Å²) in [6.07, 6.45) is 14.0. The van der Waals surface area contributed by atoms with Crippen LogP contribution in [0, 0.1) is 5.41 Å². The molecule has 138 valence electrons. The Labute approximate surface area is 151 Å². The molecule has 0 radical (unpaired) electrons. The van der Waals surface area contributed by atoms with E-state index in [4.69, 9.17) is 0 Å². The van der Waals surface area contributed by atoms with Gasteiger partial charge in [0.05, 0.1) is 13.1 Å². The molecule has 0 bridgehead atoms. The van der Waals surface area contributed by atoms with Crippen LogP contribution in [0.3, 0.4) is 0 Å². The van der Waals surface area contributed by atoms with Gasteiger partial charge in [0.1, 0.15) is 0 Å². The second-order valence-electron chi connectivity index (χ2n) is 8.35. The van der Waals surface area contributed by atoms with Gasteiger partial charge in [0.2, 0.25) is 5.69 Å². The first-order chi connectivity index (χ1) is 11.5. The summed E-state index contributed by atoms with van der Waals surface area (Å²) >= 11 is 0. The van der Waals surface area contributed by atoms with Crippen molar-refractivity contribution in [3.63, 3.8) is 0 Å². The van der Waals surface area contributed by atoms with Crippen molar-refractivity contribution in [1.29, 1.82) is 0 Å². The zero-order valence-corrected chi connectivity index (χ0v) is 17.0. The number of hydrogen-bond acceptors (Lipinski definition) is 1. The Morgan fingerprint density at radius 3 is 1.92 bits per heavy atom. The molecule has 0 amide bonds. The maximum Gasteiger partial charge on any atom is 0.212 e. The molecule has 1 aromatic heterocycles. The largest absolute Gasteiger partial charge is 0.212 e. The van der Waals surface area contributed by atoms with E-state index in [1.165, 1.54) is 70.2 Å². The van der Waals surface area contributed by atoms with Crippen molar-refractivity contribution >= 4 is 0 Å². The van der Waals surface area contributed by atoms with Gasteiger partial charge in [0.15, 0.2) is 6.20 Å². The average Bonchev–Trinajstić information content (AvgIpc) is 2.53. The van der Waals surface area contributed by atoms with Gasteiger partial charge in [-0.05, 0) is 24.3 Å². The Bertz CT molecular complexity index is 422. The number of pyridine rings is 1. The SMILES string of the molecule is CCCCCCN(CCCCCC)[n+]1ccccc1CC(C)(C)C. The molecule has 0 unspecified atom stereocenters. The van der Waals surface area contributed by atoms with Gasteiger partial charge >= 0.3 is 0 Å². The highest BCUT2D eigenvalue weighted by Gasteiger charge is 2.23. The molecule has 0 aliphatic rings. The molecular formula is C22H41N2+. The lowest BCUT2D eigenvalue weighted by molar-refractivity contribution is -0.701. The molecular weight excluding hydrogens is 292 g/mol. The third-order valence-corrected chi connectivity index (χ3v) is 4.48. The van der Waals surface area contributed by atoms with E-state index in [0.717, 1.165) is 6.42 Å². The minimum absolute atomic E-state index is 0.319. The number of rotatable bonds is 12. The summed E-state index contributed by atoms with van der Waals surface area (Å²) in [5, 5.41) is 2.59. The first kappa shape index (κ1) is 21.0. The first-order valence-corrected chi connectivity index (χ1v) is 10.2. The topological polar surface area (TPSA) is 7.12 Å². The fraction of sp³-hybridized carbons (Fsp3) is 0.773. The number of aromatic nitrogens is 1. The van der Waals surface area contributed by atoms with Gasteiger partial charge in [-0.2, -0.15) is 5.01 Å². The van der Waals surface area contributed by atoms with Gasteiger partial charge in [0, 0.05) is 18.6 Å². The summed E-state index contributed by atoms with van der Waals surface area (Å²) in [4.78, 5) is 0. The highest BCUT2D eigenvalue weighted by atomic mass is 15.5. The van der Waals surface area contributed by atoms with Crippen LogP contribution >= 0.6 is 0 Å². The first-order valence-electron chi connectivity index (χ1n) is 10.2. The van der Waals surface area contributed by atoms with E-state index in [2.05, 4.69) is 68.7 Å². The average molecular weight is 334 g/mol. The van der Waals surface area contributed by atoms with E-state index in [1.54, 1.807) is 0 Å².